The van der Waals surface area contributed by atoms with Crippen LogP contribution in [0.3, 0.4) is 0 Å². The number of amides is 2. The summed E-state index contributed by atoms with van der Waals surface area (Å²) < 4.78 is 0. The molecule has 2 amide bonds. The van der Waals surface area contributed by atoms with Crippen molar-refractivity contribution in [3.8, 4) is 11.8 Å². The number of hydrogen-bond donors (Lipinski definition) is 1. The maximum atomic E-state index is 12.8. The van der Waals surface area contributed by atoms with Gasteiger partial charge in [-0.2, -0.15) is 0 Å². The van der Waals surface area contributed by atoms with Crippen LogP contribution < -0.4 is 4.90 Å². The van der Waals surface area contributed by atoms with Crippen molar-refractivity contribution in [3.63, 3.8) is 0 Å². The minimum absolute atomic E-state index is 0.0803. The number of imide groups is 1. The number of benzene rings is 1. The average molecular weight is 283 g/mol. The van der Waals surface area contributed by atoms with Crippen molar-refractivity contribution >= 4 is 17.5 Å². The van der Waals surface area contributed by atoms with Gasteiger partial charge in [-0.3, -0.25) is 9.59 Å². The van der Waals surface area contributed by atoms with Crippen molar-refractivity contribution < 1.29 is 14.7 Å². The molecule has 1 spiro atoms. The first-order valence-corrected chi connectivity index (χ1v) is 7.24. The SMILES string of the molecule is O=C1CC2(CCCC2)C(=O)N1c1ccccc1C#CCO. The van der Waals surface area contributed by atoms with Crippen molar-refractivity contribution in [2.24, 2.45) is 5.41 Å². The second-order valence-corrected chi connectivity index (χ2v) is 5.68. The van der Waals surface area contributed by atoms with E-state index in [1.54, 1.807) is 24.3 Å². The van der Waals surface area contributed by atoms with Crippen LogP contribution in [-0.2, 0) is 9.59 Å². The van der Waals surface area contributed by atoms with Crippen LogP contribution in [0, 0.1) is 17.3 Å². The Labute approximate surface area is 123 Å². The number of hydrogen-bond acceptors (Lipinski definition) is 3. The summed E-state index contributed by atoms with van der Waals surface area (Å²) in [5.74, 6) is 5.17. The van der Waals surface area contributed by atoms with Gasteiger partial charge in [-0.1, -0.05) is 36.8 Å². The van der Waals surface area contributed by atoms with Crippen molar-refractivity contribution in [2.75, 3.05) is 11.5 Å². The largest absolute Gasteiger partial charge is 0.384 e. The van der Waals surface area contributed by atoms with Gasteiger partial charge in [0.25, 0.3) is 0 Å². The van der Waals surface area contributed by atoms with E-state index >= 15 is 0 Å². The molecule has 4 nitrogen and oxygen atoms in total. The second-order valence-electron chi connectivity index (χ2n) is 5.68. The van der Waals surface area contributed by atoms with Crippen LogP contribution in [0.2, 0.25) is 0 Å². The predicted molar refractivity (Wildman–Crippen MR) is 78.4 cm³/mol. The summed E-state index contributed by atoms with van der Waals surface area (Å²) in [5, 5.41) is 8.83. The Morgan fingerprint density at radius 1 is 1.19 bits per heavy atom. The van der Waals surface area contributed by atoms with Crippen LogP contribution in [0.1, 0.15) is 37.7 Å². The molecule has 1 aromatic carbocycles. The van der Waals surface area contributed by atoms with Crippen molar-refractivity contribution in [1.29, 1.82) is 0 Å². The van der Waals surface area contributed by atoms with Gasteiger partial charge in [0.2, 0.25) is 11.8 Å². The Bertz CT molecular complexity index is 647. The number of carbonyl (C=O) groups is 2. The highest BCUT2D eigenvalue weighted by Crippen LogP contribution is 2.48. The third kappa shape index (κ3) is 2.24. The summed E-state index contributed by atoms with van der Waals surface area (Å²) in [6.07, 6.45) is 3.95. The molecular weight excluding hydrogens is 266 g/mol. The van der Waals surface area contributed by atoms with Gasteiger partial charge in [-0.25, -0.2) is 4.90 Å². The molecule has 2 aliphatic rings. The molecule has 4 heteroatoms. The summed E-state index contributed by atoms with van der Waals surface area (Å²) in [5.41, 5.74) is 0.662. The lowest BCUT2D eigenvalue weighted by molar-refractivity contribution is -0.125. The number of carbonyl (C=O) groups excluding carboxylic acids is 2. The zero-order valence-corrected chi connectivity index (χ0v) is 11.8. The lowest BCUT2D eigenvalue weighted by atomic mass is 9.84. The molecule has 1 aliphatic heterocycles. The Hall–Kier alpha value is -2.12. The molecular formula is C17H17NO3. The van der Waals surface area contributed by atoms with Gasteiger partial charge in [-0.15, -0.1) is 0 Å². The molecule has 108 valence electrons. The first kappa shape index (κ1) is 13.8. The monoisotopic (exact) mass is 283 g/mol. The molecule has 1 aliphatic carbocycles. The van der Waals surface area contributed by atoms with E-state index in [0.29, 0.717) is 17.7 Å². The number of para-hydroxylation sites is 1. The van der Waals surface area contributed by atoms with E-state index in [1.165, 1.54) is 4.90 Å². The number of anilines is 1. The first-order chi connectivity index (χ1) is 10.2. The third-order valence-electron chi connectivity index (χ3n) is 4.40. The van der Waals surface area contributed by atoms with Crippen LogP contribution >= 0.6 is 0 Å². The highest BCUT2D eigenvalue weighted by Gasteiger charge is 2.53. The van der Waals surface area contributed by atoms with Gasteiger partial charge < -0.3 is 5.11 Å². The fourth-order valence-electron chi connectivity index (χ4n) is 3.39. The summed E-state index contributed by atoms with van der Waals surface area (Å²) >= 11 is 0. The molecule has 3 rings (SSSR count). The molecule has 1 saturated carbocycles. The summed E-state index contributed by atoms with van der Waals surface area (Å²) in [6, 6.07) is 7.10. The molecule has 21 heavy (non-hydrogen) atoms. The van der Waals surface area contributed by atoms with E-state index in [-0.39, 0.29) is 18.4 Å². The maximum absolute atomic E-state index is 12.8. The number of aliphatic hydroxyl groups is 1. The minimum Gasteiger partial charge on any atom is -0.384 e. The van der Waals surface area contributed by atoms with E-state index in [0.717, 1.165) is 25.7 Å². The molecule has 1 saturated heterocycles. The van der Waals surface area contributed by atoms with Crippen LogP contribution in [0.4, 0.5) is 5.69 Å². The molecule has 1 aromatic rings. The van der Waals surface area contributed by atoms with E-state index in [4.69, 9.17) is 5.11 Å². The van der Waals surface area contributed by atoms with E-state index in [9.17, 15) is 9.59 Å². The van der Waals surface area contributed by atoms with E-state index < -0.39 is 5.41 Å². The van der Waals surface area contributed by atoms with Crippen LogP contribution in [0.25, 0.3) is 0 Å². The smallest absolute Gasteiger partial charge is 0.240 e. The Morgan fingerprint density at radius 3 is 2.62 bits per heavy atom. The van der Waals surface area contributed by atoms with Gasteiger partial charge in [-0.05, 0) is 25.0 Å². The Morgan fingerprint density at radius 2 is 1.90 bits per heavy atom. The average Bonchev–Trinajstić information content (AvgIpc) is 3.04. The van der Waals surface area contributed by atoms with Gasteiger partial charge in [0.05, 0.1) is 11.1 Å². The van der Waals surface area contributed by atoms with Gasteiger partial charge in [0.15, 0.2) is 0 Å². The predicted octanol–water partition coefficient (Wildman–Crippen LogP) is 1.85. The highest BCUT2D eigenvalue weighted by molar-refractivity contribution is 6.23. The van der Waals surface area contributed by atoms with Crippen LogP contribution in [-0.4, -0.2) is 23.5 Å². The van der Waals surface area contributed by atoms with Crippen molar-refractivity contribution in [3.05, 3.63) is 29.8 Å². The standard InChI is InChI=1S/C17H17NO3/c19-11-5-7-13-6-1-2-8-14(13)18-15(20)12-17(16(18)21)9-3-4-10-17/h1-2,6,8,19H,3-4,9-12H2. The topological polar surface area (TPSA) is 57.6 Å². The quantitative estimate of drug-likeness (QED) is 0.632. The Balaban J connectivity index is 2.01. The zero-order valence-electron chi connectivity index (χ0n) is 11.8. The number of aliphatic hydroxyl groups excluding tert-OH is 1. The Kier molecular flexibility index (Phi) is 3.52. The highest BCUT2D eigenvalue weighted by atomic mass is 16.2. The number of rotatable bonds is 1. The first-order valence-electron chi connectivity index (χ1n) is 7.24. The summed E-state index contributed by atoms with van der Waals surface area (Å²) in [7, 11) is 0. The second kappa shape index (κ2) is 5.34. The van der Waals surface area contributed by atoms with Crippen LogP contribution in [0.15, 0.2) is 24.3 Å². The molecule has 0 atom stereocenters. The molecule has 0 aromatic heterocycles. The fourth-order valence-corrected chi connectivity index (χ4v) is 3.39. The summed E-state index contributed by atoms with van der Waals surface area (Å²) in [4.78, 5) is 26.5. The molecule has 1 heterocycles. The fraction of sp³-hybridized carbons (Fsp3) is 0.412. The molecule has 0 unspecified atom stereocenters. The van der Waals surface area contributed by atoms with Crippen molar-refractivity contribution in [1.82, 2.24) is 0 Å². The lowest BCUT2D eigenvalue weighted by Gasteiger charge is -2.21. The molecule has 0 bridgehead atoms. The van der Waals surface area contributed by atoms with E-state index in [2.05, 4.69) is 11.8 Å². The third-order valence-corrected chi connectivity index (χ3v) is 4.40. The van der Waals surface area contributed by atoms with E-state index in [1.807, 2.05) is 0 Å². The normalized spacial score (nSPS) is 20.0. The molecule has 2 fully saturated rings. The minimum atomic E-state index is -0.478. The lowest BCUT2D eigenvalue weighted by Crippen LogP contribution is -2.34. The molecule has 1 N–H and O–H groups in total. The van der Waals surface area contributed by atoms with Gasteiger partial charge >= 0.3 is 0 Å². The number of nitrogens with zero attached hydrogens (tertiary/aromatic N) is 1. The van der Waals surface area contributed by atoms with Gasteiger partial charge in [0, 0.05) is 12.0 Å². The van der Waals surface area contributed by atoms with Crippen molar-refractivity contribution in [2.45, 2.75) is 32.1 Å². The summed E-state index contributed by atoms with van der Waals surface area (Å²) in [6.45, 7) is -0.250. The van der Waals surface area contributed by atoms with Crippen LogP contribution in [0.5, 0.6) is 0 Å². The maximum Gasteiger partial charge on any atom is 0.240 e. The van der Waals surface area contributed by atoms with Gasteiger partial charge in [0.1, 0.15) is 6.61 Å². The molecule has 0 radical (unpaired) electrons. The zero-order chi connectivity index (χ0) is 14.9.